The number of anilines is 2. The van der Waals surface area contributed by atoms with Gasteiger partial charge in [0.2, 0.25) is 5.88 Å². The second-order valence-electron chi connectivity index (χ2n) is 3.89. The highest BCUT2D eigenvalue weighted by Crippen LogP contribution is 2.21. The van der Waals surface area contributed by atoms with E-state index >= 15 is 0 Å². The maximum absolute atomic E-state index is 13.0. The molecule has 0 unspecified atom stereocenters. The highest BCUT2D eigenvalue weighted by atomic mass is 35.5. The zero-order valence-electron chi connectivity index (χ0n) is 10.3. The van der Waals surface area contributed by atoms with Gasteiger partial charge in [-0.15, -0.1) is 0 Å². The van der Waals surface area contributed by atoms with Crippen molar-refractivity contribution in [2.75, 3.05) is 18.2 Å². The number of halogens is 2. The molecule has 3 N–H and O–H groups in total. The minimum absolute atomic E-state index is 0.0888. The normalized spacial score (nSPS) is 10.3. The van der Waals surface area contributed by atoms with E-state index in [0.717, 1.165) is 5.56 Å². The molecule has 1 aromatic carbocycles. The monoisotopic (exact) mass is 281 g/mol. The molecule has 19 heavy (non-hydrogen) atoms. The number of benzene rings is 1. The smallest absolute Gasteiger partial charge is 0.215 e. The Morgan fingerprint density at radius 1 is 1.37 bits per heavy atom. The van der Waals surface area contributed by atoms with Crippen molar-refractivity contribution in [1.82, 2.24) is 4.98 Å². The van der Waals surface area contributed by atoms with Crippen molar-refractivity contribution in [2.45, 2.75) is 6.54 Å². The maximum atomic E-state index is 13.0. The number of nitrogens with two attached hydrogens (primary N) is 1. The molecule has 4 nitrogen and oxygen atoms in total. The van der Waals surface area contributed by atoms with Crippen molar-refractivity contribution in [2.24, 2.45) is 0 Å². The maximum Gasteiger partial charge on any atom is 0.215 e. The van der Waals surface area contributed by atoms with Gasteiger partial charge < -0.3 is 15.8 Å². The fourth-order valence-corrected chi connectivity index (χ4v) is 1.75. The third kappa shape index (κ3) is 3.26. The van der Waals surface area contributed by atoms with Crippen LogP contribution in [0.25, 0.3) is 0 Å². The van der Waals surface area contributed by atoms with Gasteiger partial charge in [-0.1, -0.05) is 17.7 Å². The topological polar surface area (TPSA) is 60.2 Å². The molecule has 0 bridgehead atoms. The number of methoxy groups -OCH3 is 1. The number of hydrogen-bond donors (Lipinski definition) is 2. The van der Waals surface area contributed by atoms with Gasteiger partial charge in [0.15, 0.2) is 5.82 Å². The molecule has 0 radical (unpaired) electrons. The Morgan fingerprint density at radius 2 is 2.16 bits per heavy atom. The summed E-state index contributed by atoms with van der Waals surface area (Å²) in [5.41, 5.74) is 7.13. The third-order valence-corrected chi connectivity index (χ3v) is 2.84. The fourth-order valence-electron chi connectivity index (χ4n) is 1.54. The number of nitrogen functional groups attached to an aromatic ring is 1. The van der Waals surface area contributed by atoms with Crippen LogP contribution in [0.4, 0.5) is 15.9 Å². The van der Waals surface area contributed by atoms with Crippen LogP contribution in [0.3, 0.4) is 0 Å². The van der Waals surface area contributed by atoms with Crippen LogP contribution in [0.15, 0.2) is 30.3 Å². The van der Waals surface area contributed by atoms with E-state index in [1.165, 1.54) is 13.2 Å². The zero-order chi connectivity index (χ0) is 13.8. The lowest BCUT2D eigenvalue weighted by Gasteiger charge is -2.10. The first-order valence-corrected chi connectivity index (χ1v) is 5.96. The van der Waals surface area contributed by atoms with Gasteiger partial charge in [-0.25, -0.2) is 4.39 Å². The van der Waals surface area contributed by atoms with Gasteiger partial charge in [-0.2, -0.15) is 4.98 Å². The third-order valence-electron chi connectivity index (χ3n) is 2.55. The first-order chi connectivity index (χ1) is 9.10. The predicted octanol–water partition coefficient (Wildman–Crippen LogP) is 3.08. The first kappa shape index (κ1) is 13.4. The van der Waals surface area contributed by atoms with Gasteiger partial charge >= 0.3 is 0 Å². The zero-order valence-corrected chi connectivity index (χ0v) is 11.0. The fraction of sp³-hybridized carbons (Fsp3) is 0.154. The summed E-state index contributed by atoms with van der Waals surface area (Å²) in [6.45, 7) is 0.435. The number of nitrogens with one attached hydrogen (secondary N) is 1. The van der Waals surface area contributed by atoms with Crippen molar-refractivity contribution in [3.8, 4) is 5.88 Å². The molecule has 0 spiro atoms. The van der Waals surface area contributed by atoms with Crippen LogP contribution in [-0.4, -0.2) is 12.1 Å². The Morgan fingerprint density at radius 3 is 2.84 bits per heavy atom. The number of nitrogens with zero attached hydrogens (tertiary/aromatic N) is 1. The quantitative estimate of drug-likeness (QED) is 0.904. The van der Waals surface area contributed by atoms with Crippen molar-refractivity contribution in [3.05, 3.63) is 46.7 Å². The molecule has 2 rings (SSSR count). The van der Waals surface area contributed by atoms with Gasteiger partial charge in [0, 0.05) is 12.6 Å². The van der Waals surface area contributed by atoms with E-state index in [9.17, 15) is 4.39 Å². The van der Waals surface area contributed by atoms with Crippen LogP contribution in [0.2, 0.25) is 5.02 Å². The van der Waals surface area contributed by atoms with Gasteiger partial charge in [0.25, 0.3) is 0 Å². The molecule has 0 amide bonds. The molecule has 0 fully saturated rings. The molecule has 0 aliphatic carbocycles. The van der Waals surface area contributed by atoms with Gasteiger partial charge in [-0.3, -0.25) is 0 Å². The standard InChI is InChI=1S/C13H13ClFN3O/c1-19-12-5-4-11(16)13(18-12)17-7-8-2-3-10(15)9(14)6-8/h2-6H,7,16H2,1H3,(H,17,18). The lowest BCUT2D eigenvalue weighted by Crippen LogP contribution is -2.05. The van der Waals surface area contributed by atoms with Crippen LogP contribution in [0.1, 0.15) is 5.56 Å². The Balaban J connectivity index is 2.11. The average molecular weight is 282 g/mol. The number of pyridine rings is 1. The second-order valence-corrected chi connectivity index (χ2v) is 4.30. The second kappa shape index (κ2) is 5.75. The molecule has 1 aromatic heterocycles. The van der Waals surface area contributed by atoms with Crippen LogP contribution in [-0.2, 0) is 6.54 Å². The number of ether oxygens (including phenoxy) is 1. The number of rotatable bonds is 4. The van der Waals surface area contributed by atoms with Crippen LogP contribution in [0.5, 0.6) is 5.88 Å². The molecular weight excluding hydrogens is 269 g/mol. The largest absolute Gasteiger partial charge is 0.481 e. The summed E-state index contributed by atoms with van der Waals surface area (Å²) < 4.78 is 18.0. The highest BCUT2D eigenvalue weighted by Gasteiger charge is 2.05. The lowest BCUT2D eigenvalue weighted by molar-refractivity contribution is 0.398. The van der Waals surface area contributed by atoms with Gasteiger partial charge in [0.05, 0.1) is 17.8 Å². The minimum atomic E-state index is -0.440. The van der Waals surface area contributed by atoms with Gasteiger partial charge in [-0.05, 0) is 23.8 Å². The van der Waals surface area contributed by atoms with E-state index in [2.05, 4.69) is 10.3 Å². The molecule has 0 saturated heterocycles. The molecule has 1 heterocycles. The first-order valence-electron chi connectivity index (χ1n) is 5.58. The number of hydrogen-bond acceptors (Lipinski definition) is 4. The van der Waals surface area contributed by atoms with E-state index in [4.69, 9.17) is 22.1 Å². The predicted molar refractivity (Wildman–Crippen MR) is 73.9 cm³/mol. The summed E-state index contributed by atoms with van der Waals surface area (Å²) in [5, 5.41) is 3.14. The van der Waals surface area contributed by atoms with E-state index in [0.29, 0.717) is 23.9 Å². The summed E-state index contributed by atoms with van der Waals surface area (Å²) in [5.74, 6) is 0.540. The van der Waals surface area contributed by atoms with E-state index in [1.807, 2.05) is 0 Å². The molecular formula is C13H13ClFN3O. The molecule has 2 aromatic rings. The Kier molecular flexibility index (Phi) is 4.06. The molecule has 0 saturated carbocycles. The van der Waals surface area contributed by atoms with Crippen molar-refractivity contribution in [3.63, 3.8) is 0 Å². The van der Waals surface area contributed by atoms with Gasteiger partial charge in [0.1, 0.15) is 5.82 Å². The summed E-state index contributed by atoms with van der Waals surface area (Å²) >= 11 is 5.71. The van der Waals surface area contributed by atoms with Crippen LogP contribution in [0, 0.1) is 5.82 Å². The Hall–Kier alpha value is -2.01. The Labute approximate surface area is 115 Å². The summed E-state index contributed by atoms with van der Waals surface area (Å²) in [7, 11) is 1.53. The SMILES string of the molecule is COc1ccc(N)c(NCc2ccc(F)c(Cl)c2)n1. The van der Waals surface area contributed by atoms with Crippen LogP contribution < -0.4 is 15.8 Å². The Bertz CT molecular complexity index is 592. The van der Waals surface area contributed by atoms with E-state index < -0.39 is 5.82 Å². The van der Waals surface area contributed by atoms with E-state index in [-0.39, 0.29) is 5.02 Å². The van der Waals surface area contributed by atoms with Crippen molar-refractivity contribution >= 4 is 23.1 Å². The molecule has 100 valence electrons. The summed E-state index contributed by atoms with van der Waals surface area (Å²) in [6.07, 6.45) is 0. The van der Waals surface area contributed by atoms with E-state index in [1.54, 1.807) is 24.3 Å². The van der Waals surface area contributed by atoms with Crippen LogP contribution >= 0.6 is 11.6 Å². The van der Waals surface area contributed by atoms with Crippen molar-refractivity contribution < 1.29 is 9.13 Å². The molecule has 0 aliphatic heterocycles. The molecule has 0 atom stereocenters. The highest BCUT2D eigenvalue weighted by molar-refractivity contribution is 6.30. The summed E-state index contributed by atoms with van der Waals surface area (Å²) in [4.78, 5) is 4.18. The molecule has 6 heteroatoms. The molecule has 0 aliphatic rings. The number of aromatic nitrogens is 1. The minimum Gasteiger partial charge on any atom is -0.481 e. The lowest BCUT2D eigenvalue weighted by atomic mass is 10.2. The average Bonchev–Trinajstić information content (AvgIpc) is 2.41. The summed E-state index contributed by atoms with van der Waals surface area (Å²) in [6, 6.07) is 7.90. The van der Waals surface area contributed by atoms with Crippen molar-refractivity contribution in [1.29, 1.82) is 0 Å².